The first-order valence-electron chi connectivity index (χ1n) is 11.8. The quantitative estimate of drug-likeness (QED) is 0.123. The van der Waals surface area contributed by atoms with Gasteiger partial charge >= 0.3 is 0 Å². The van der Waals surface area contributed by atoms with Crippen molar-refractivity contribution in [2.75, 3.05) is 10.6 Å². The molecule has 2 amide bonds. The zero-order valence-electron chi connectivity index (χ0n) is 21.3. The maximum absolute atomic E-state index is 12.5. The van der Waals surface area contributed by atoms with E-state index in [4.69, 9.17) is 0 Å². The van der Waals surface area contributed by atoms with Crippen molar-refractivity contribution in [3.05, 3.63) is 107 Å². The Kier molecular flexibility index (Phi) is 8.44. The molecular weight excluding hydrogens is 588 g/mol. The summed E-state index contributed by atoms with van der Waals surface area (Å²) >= 11 is 0. The van der Waals surface area contributed by atoms with E-state index in [9.17, 15) is 45.7 Å². The molecule has 14 heteroatoms. The van der Waals surface area contributed by atoms with Crippen molar-refractivity contribution in [1.29, 1.82) is 0 Å². The first-order valence-corrected chi connectivity index (χ1v) is 14.7. The fourth-order valence-electron chi connectivity index (χ4n) is 3.85. The summed E-state index contributed by atoms with van der Waals surface area (Å²) in [6.45, 7) is 0. The van der Waals surface area contributed by atoms with E-state index in [1.807, 2.05) is 0 Å². The van der Waals surface area contributed by atoms with E-state index in [0.717, 1.165) is 24.3 Å². The van der Waals surface area contributed by atoms with Gasteiger partial charge in [-0.05, 0) is 59.7 Å². The van der Waals surface area contributed by atoms with E-state index in [1.54, 1.807) is 0 Å². The van der Waals surface area contributed by atoms with Crippen molar-refractivity contribution in [3.63, 3.8) is 0 Å². The molecule has 0 aromatic heterocycles. The standard InChI is InChI=1S/C28H22N2O10S2/c31-23-7-3-1-5-21(23)27(33)29-19-13-11-17(25(15-19)41(35,36)37)9-10-18-12-14-20(16-26(18)42(38,39)40)30-28(34)22-6-2-4-8-24(22)32/h1-16,31-32H,(H,29,33)(H,30,34)(H,35,36,37)(H,38,39,40). The molecular formula is C28H22N2O10S2. The van der Waals surface area contributed by atoms with Crippen LogP contribution in [0.4, 0.5) is 11.4 Å². The maximum atomic E-state index is 12.5. The molecule has 216 valence electrons. The monoisotopic (exact) mass is 610 g/mol. The molecule has 0 radical (unpaired) electrons. The van der Waals surface area contributed by atoms with E-state index < -0.39 is 41.8 Å². The lowest BCUT2D eigenvalue weighted by Gasteiger charge is -2.11. The molecule has 0 saturated heterocycles. The van der Waals surface area contributed by atoms with E-state index >= 15 is 0 Å². The average Bonchev–Trinajstić information content (AvgIpc) is 2.92. The number of phenols is 2. The van der Waals surface area contributed by atoms with Crippen LogP contribution in [0.1, 0.15) is 31.8 Å². The van der Waals surface area contributed by atoms with Crippen LogP contribution in [0.15, 0.2) is 94.7 Å². The summed E-state index contributed by atoms with van der Waals surface area (Å²) in [5.41, 5.74) is -0.416. The Bertz CT molecular complexity index is 1810. The number of carbonyl (C=O) groups excluding carboxylic acids is 2. The third kappa shape index (κ3) is 7.00. The second kappa shape index (κ2) is 11.8. The normalized spacial score (nSPS) is 11.8. The van der Waals surface area contributed by atoms with Gasteiger partial charge in [-0.25, -0.2) is 0 Å². The predicted octanol–water partition coefficient (Wildman–Crippen LogP) is 4.27. The van der Waals surface area contributed by atoms with Gasteiger partial charge in [0.25, 0.3) is 32.1 Å². The maximum Gasteiger partial charge on any atom is 0.295 e. The molecule has 0 spiro atoms. The number of rotatable bonds is 8. The molecule has 12 nitrogen and oxygen atoms in total. The Morgan fingerprint density at radius 1 is 0.571 bits per heavy atom. The smallest absolute Gasteiger partial charge is 0.295 e. The summed E-state index contributed by atoms with van der Waals surface area (Å²) in [6.07, 6.45) is 2.31. The molecule has 0 bridgehead atoms. The van der Waals surface area contributed by atoms with Gasteiger partial charge in [0.15, 0.2) is 0 Å². The third-order valence-electron chi connectivity index (χ3n) is 5.84. The van der Waals surface area contributed by atoms with Crippen molar-refractivity contribution in [3.8, 4) is 11.5 Å². The van der Waals surface area contributed by atoms with E-state index in [-0.39, 0.29) is 45.1 Å². The minimum absolute atomic E-state index is 0.0313. The van der Waals surface area contributed by atoms with Gasteiger partial charge in [0.2, 0.25) is 0 Å². The summed E-state index contributed by atoms with van der Waals surface area (Å²) in [5.74, 6) is -2.10. The fourth-order valence-corrected chi connectivity index (χ4v) is 5.27. The molecule has 4 aromatic carbocycles. The number of anilines is 2. The second-order valence-corrected chi connectivity index (χ2v) is 11.5. The van der Waals surface area contributed by atoms with E-state index in [2.05, 4.69) is 10.6 Å². The second-order valence-electron chi connectivity index (χ2n) is 8.73. The van der Waals surface area contributed by atoms with Gasteiger partial charge in [0, 0.05) is 11.4 Å². The number of phenolic OH excluding ortho intramolecular Hbond substituents is 2. The number of nitrogens with one attached hydrogen (secondary N) is 2. The van der Waals surface area contributed by atoms with Crippen LogP contribution >= 0.6 is 0 Å². The molecule has 4 aromatic rings. The molecule has 0 aliphatic carbocycles. The van der Waals surface area contributed by atoms with Gasteiger partial charge in [-0.3, -0.25) is 18.7 Å². The summed E-state index contributed by atoms with van der Waals surface area (Å²) < 4.78 is 68.1. The van der Waals surface area contributed by atoms with Crippen molar-refractivity contribution >= 4 is 55.6 Å². The van der Waals surface area contributed by atoms with E-state index in [1.165, 1.54) is 72.8 Å². The van der Waals surface area contributed by atoms with Gasteiger partial charge in [-0.15, -0.1) is 0 Å². The van der Waals surface area contributed by atoms with E-state index in [0.29, 0.717) is 0 Å². The molecule has 0 saturated carbocycles. The number of aromatic hydroxyl groups is 2. The fraction of sp³-hybridized carbons (Fsp3) is 0. The molecule has 0 fully saturated rings. The lowest BCUT2D eigenvalue weighted by molar-refractivity contribution is 0.101. The average molecular weight is 611 g/mol. The third-order valence-corrected chi connectivity index (χ3v) is 7.66. The highest BCUT2D eigenvalue weighted by molar-refractivity contribution is 7.86. The molecule has 42 heavy (non-hydrogen) atoms. The number of para-hydroxylation sites is 2. The molecule has 0 aliphatic rings. The number of benzene rings is 4. The van der Waals surface area contributed by atoms with Crippen LogP contribution in [0, 0.1) is 0 Å². The van der Waals surface area contributed by atoms with Crippen LogP contribution < -0.4 is 10.6 Å². The van der Waals surface area contributed by atoms with Crippen molar-refractivity contribution in [2.24, 2.45) is 0 Å². The van der Waals surface area contributed by atoms with Crippen molar-refractivity contribution in [1.82, 2.24) is 0 Å². The largest absolute Gasteiger partial charge is 0.507 e. The van der Waals surface area contributed by atoms with Crippen LogP contribution in [-0.2, 0) is 20.2 Å². The lowest BCUT2D eigenvalue weighted by atomic mass is 10.1. The molecule has 6 N–H and O–H groups in total. The molecule has 4 rings (SSSR count). The van der Waals surface area contributed by atoms with Crippen LogP contribution in [0.3, 0.4) is 0 Å². The molecule has 0 heterocycles. The lowest BCUT2D eigenvalue weighted by Crippen LogP contribution is -2.13. The Balaban J connectivity index is 1.65. The number of carbonyl (C=O) groups is 2. The summed E-state index contributed by atoms with van der Waals surface area (Å²) in [5, 5.41) is 24.6. The van der Waals surface area contributed by atoms with Gasteiger partial charge in [0.05, 0.1) is 11.1 Å². The highest BCUT2D eigenvalue weighted by Crippen LogP contribution is 2.27. The summed E-state index contributed by atoms with van der Waals surface area (Å²) in [7, 11) is -9.69. The topological polar surface area (TPSA) is 207 Å². The van der Waals surface area contributed by atoms with Crippen LogP contribution in [-0.4, -0.2) is 48.0 Å². The van der Waals surface area contributed by atoms with Crippen LogP contribution in [0.25, 0.3) is 12.2 Å². The van der Waals surface area contributed by atoms with Crippen molar-refractivity contribution in [2.45, 2.75) is 9.79 Å². The van der Waals surface area contributed by atoms with Crippen molar-refractivity contribution < 1.29 is 45.7 Å². The van der Waals surface area contributed by atoms with Gasteiger partial charge in [-0.1, -0.05) is 48.6 Å². The zero-order valence-corrected chi connectivity index (χ0v) is 22.9. The number of hydrogen-bond donors (Lipinski definition) is 6. The zero-order chi connectivity index (χ0) is 30.7. The highest BCUT2D eigenvalue weighted by atomic mass is 32.2. The Hall–Kier alpha value is -5.02. The summed E-state index contributed by atoms with van der Waals surface area (Å²) in [4.78, 5) is 23.7. The summed E-state index contributed by atoms with van der Waals surface area (Å²) in [6, 6.07) is 18.4. The predicted molar refractivity (Wildman–Crippen MR) is 154 cm³/mol. The number of hydrogen-bond acceptors (Lipinski definition) is 8. The first-order chi connectivity index (χ1) is 19.7. The number of amides is 2. The SMILES string of the molecule is O=C(Nc1ccc(C=Cc2ccc(NC(=O)c3ccccc3O)cc2S(=O)(=O)O)c(S(=O)(=O)O)c1)c1ccccc1O. The van der Waals surface area contributed by atoms with Gasteiger partial charge in [-0.2, -0.15) is 16.8 Å². The minimum atomic E-state index is -4.85. The van der Waals surface area contributed by atoms with Gasteiger partial charge < -0.3 is 20.8 Å². The molecule has 0 unspecified atom stereocenters. The molecule has 0 atom stereocenters. The van der Waals surface area contributed by atoms with Crippen LogP contribution in [0.2, 0.25) is 0 Å². The minimum Gasteiger partial charge on any atom is -0.507 e. The van der Waals surface area contributed by atoms with Crippen LogP contribution in [0.5, 0.6) is 11.5 Å². The first kappa shape index (κ1) is 30.0. The Morgan fingerprint density at radius 2 is 0.929 bits per heavy atom. The Morgan fingerprint density at radius 3 is 1.26 bits per heavy atom. The molecule has 0 aliphatic heterocycles. The van der Waals surface area contributed by atoms with Gasteiger partial charge in [0.1, 0.15) is 21.3 Å². The Labute approximate surface area is 240 Å². The highest BCUT2D eigenvalue weighted by Gasteiger charge is 2.19.